The molecule has 3 amide bonds. The zero-order chi connectivity index (χ0) is 77.8. The van der Waals surface area contributed by atoms with Crippen LogP contribution in [0.4, 0.5) is 43.5 Å². The summed E-state index contributed by atoms with van der Waals surface area (Å²) in [5.41, 5.74) is 4.41. The van der Waals surface area contributed by atoms with E-state index in [0.29, 0.717) is 135 Å². The van der Waals surface area contributed by atoms with Crippen LogP contribution in [0.15, 0.2) is 86.2 Å². The van der Waals surface area contributed by atoms with Gasteiger partial charge >= 0.3 is 18.3 Å². The number of amides is 3. The Morgan fingerprint density at radius 2 is 0.888 bits per heavy atom. The first kappa shape index (κ1) is 85.2. The van der Waals surface area contributed by atoms with Crippen LogP contribution in [0.3, 0.4) is 0 Å². The molecule has 0 aromatic carbocycles. The van der Waals surface area contributed by atoms with Crippen molar-refractivity contribution in [2.45, 2.75) is 104 Å². The summed E-state index contributed by atoms with van der Waals surface area (Å²) in [6.45, 7) is 23.7. The largest absolute Gasteiger partial charge is 0.489 e. The summed E-state index contributed by atoms with van der Waals surface area (Å²) in [6.07, 6.45) is 12.4. The lowest BCUT2D eigenvalue weighted by molar-refractivity contribution is -0.0593. The molecule has 41 heteroatoms. The second-order valence-corrected chi connectivity index (χ2v) is 26.7. The lowest BCUT2D eigenvalue weighted by Gasteiger charge is -2.34. The number of hydrogen-bond donors (Lipinski definition) is 5. The standard InChI is InChI=1S/C19H23N7O4.C14H20ClN3O4.C14H15N7O2.C10H19NO4.C5H4N4.C4H2Cl2N2/c1-19(2,3)30-18(27)26-4-5-28-15(11-26)12-29-14-6-16(25-23-9-14)24-17-10-21-13(7-20)8-22-17;1-14(2,3)22-13(19)18-4-5-20-11(8-18)9-21-10-6-12(15)17-16-7-10;15-4-10-5-18-14(8-17-10)20-13-3-11(7-19-21-13)23-9-12-6-16-1-2-22-12;1-10(2,3)15-9(13)11-4-5-14-8(6-11)7-12;6-1-4-2-9-5(7)3-8-4;5-3-1-4(6)8-7-2-3/h6,8-10,15H,4-5,11-12H2,1-3H3,(H,22,24,25);6-7,11H,4-5,8-9H2,1-3H3;3,5,7-8,12,16H,1-2,6,9H2,(H,18,20,21);8,12H,4-7H2,1-3H3;2-3H,(H2,7,9);1-2H. The number of nitrogens with zero attached hydrogens (tertiary/aromatic N) is 20. The van der Waals surface area contributed by atoms with E-state index in [1.807, 2.05) is 80.5 Å². The highest BCUT2D eigenvalue weighted by Gasteiger charge is 2.31. The predicted molar refractivity (Wildman–Crippen MR) is 383 cm³/mol. The van der Waals surface area contributed by atoms with Crippen molar-refractivity contribution in [2.24, 2.45) is 0 Å². The maximum Gasteiger partial charge on any atom is 0.410 e. The number of ether oxygens (including phenoxy) is 10. The Morgan fingerprint density at radius 1 is 0.505 bits per heavy atom. The van der Waals surface area contributed by atoms with Gasteiger partial charge in [0.25, 0.3) is 0 Å². The number of anilines is 5. The van der Waals surface area contributed by atoms with Crippen molar-refractivity contribution in [3.05, 3.63) is 119 Å². The molecule has 4 unspecified atom stereocenters. The van der Waals surface area contributed by atoms with Crippen molar-refractivity contribution in [3.8, 4) is 35.5 Å². The molecule has 0 radical (unpaired) electrons. The number of aliphatic hydroxyl groups is 1. The second kappa shape index (κ2) is 43.7. The van der Waals surface area contributed by atoms with Crippen molar-refractivity contribution in [1.29, 1.82) is 15.8 Å². The van der Waals surface area contributed by atoms with Crippen molar-refractivity contribution in [2.75, 3.05) is 122 Å². The number of carbonyl (C=O) groups excluding carboxylic acids is 3. The van der Waals surface area contributed by atoms with Gasteiger partial charge in [0, 0.05) is 50.9 Å². The average Bonchev–Trinajstić information content (AvgIpc) is 0.879. The average molecular weight is 1540 g/mol. The molecule has 7 aromatic rings. The topological polar surface area (TPSA) is 487 Å². The van der Waals surface area contributed by atoms with Crippen molar-refractivity contribution in [3.63, 3.8) is 0 Å². The summed E-state index contributed by atoms with van der Waals surface area (Å²) < 4.78 is 55.1. The number of aromatic nitrogens is 14. The summed E-state index contributed by atoms with van der Waals surface area (Å²) >= 11 is 16.6. The van der Waals surface area contributed by atoms with Gasteiger partial charge in [-0.25, -0.2) is 44.3 Å². The predicted octanol–water partition coefficient (Wildman–Crippen LogP) is 6.62. The highest BCUT2D eigenvalue weighted by Crippen LogP contribution is 2.22. The highest BCUT2D eigenvalue weighted by atomic mass is 35.5. The van der Waals surface area contributed by atoms with Crippen LogP contribution in [0, 0.1) is 34.0 Å². The third kappa shape index (κ3) is 34.4. The number of nitrogens with one attached hydrogen (secondary N) is 3. The van der Waals surface area contributed by atoms with E-state index in [4.69, 9.17) is 109 Å². The number of rotatable bonds is 14. The maximum absolute atomic E-state index is 12.2. The number of carbonyl (C=O) groups is 3. The fraction of sp³-hybridized carbons (Fsp3) is 0.485. The Labute approximate surface area is 631 Å². The minimum atomic E-state index is -0.549. The first-order valence-electron chi connectivity index (χ1n) is 32.9. The van der Waals surface area contributed by atoms with Gasteiger partial charge in [-0.2, -0.15) is 36.2 Å². The molecule has 0 bridgehead atoms. The minimum Gasteiger partial charge on any atom is -0.489 e. The molecule has 572 valence electrons. The molecule has 4 saturated heterocycles. The Kier molecular flexibility index (Phi) is 34.8. The number of nitrogens with two attached hydrogens (primary N) is 1. The van der Waals surface area contributed by atoms with E-state index in [1.165, 1.54) is 68.0 Å². The fourth-order valence-electron chi connectivity index (χ4n) is 8.50. The molecule has 6 N–H and O–H groups in total. The van der Waals surface area contributed by atoms with Crippen molar-refractivity contribution < 1.29 is 66.9 Å². The summed E-state index contributed by atoms with van der Waals surface area (Å²) in [5.74, 6) is 3.67. The van der Waals surface area contributed by atoms with Gasteiger partial charge in [-0.3, -0.25) is 0 Å². The highest BCUT2D eigenvalue weighted by molar-refractivity contribution is 6.33. The zero-order valence-electron chi connectivity index (χ0n) is 60.1. The minimum absolute atomic E-state index is 0.0257. The van der Waals surface area contributed by atoms with E-state index >= 15 is 0 Å². The van der Waals surface area contributed by atoms with E-state index in [2.05, 4.69) is 86.6 Å². The number of nitriles is 3. The summed E-state index contributed by atoms with van der Waals surface area (Å²) in [7, 11) is 0. The van der Waals surface area contributed by atoms with Crippen LogP contribution in [0.5, 0.6) is 17.2 Å². The SMILES string of the molecule is CC(C)(C)OC(=O)N1CCOC(CO)C1.CC(C)(C)OC(=O)N1CCOC(COc2cnnc(Cl)c2)C1.CC(C)(C)OC(=O)N1CCOC(COc2cnnc(Nc3cnc(C#N)cn3)c2)C1.Clc1cnnc(Cl)c1.N#Cc1cnc(N)cn1.N#Cc1cnc(Nc2cc(OCC3CNCCO3)cnn2)cn1. The molecule has 0 spiro atoms. The number of morpholine rings is 4. The molecule has 4 aliphatic heterocycles. The molecule has 107 heavy (non-hydrogen) atoms. The van der Waals surface area contributed by atoms with Gasteiger partial charge in [-0.15, -0.1) is 20.4 Å². The van der Waals surface area contributed by atoms with Crippen LogP contribution in [-0.4, -0.2) is 255 Å². The van der Waals surface area contributed by atoms with Gasteiger partial charge in [0.2, 0.25) is 0 Å². The molecule has 4 atom stereocenters. The zero-order valence-corrected chi connectivity index (χ0v) is 62.4. The van der Waals surface area contributed by atoms with Crippen molar-refractivity contribution in [1.82, 2.24) is 90.7 Å². The molecular weight excluding hydrogens is 1460 g/mol. The lowest BCUT2D eigenvalue weighted by atomic mass is 10.2. The Hall–Kier alpha value is -10.7. The van der Waals surface area contributed by atoms with Gasteiger partial charge in [0.1, 0.15) is 108 Å². The van der Waals surface area contributed by atoms with E-state index < -0.39 is 16.8 Å². The summed E-state index contributed by atoms with van der Waals surface area (Å²) in [6, 6.07) is 12.1. The van der Waals surface area contributed by atoms with Gasteiger partial charge in [-0.1, -0.05) is 34.8 Å². The molecule has 0 saturated carbocycles. The van der Waals surface area contributed by atoms with Crippen LogP contribution in [0.25, 0.3) is 0 Å². The second-order valence-electron chi connectivity index (χ2n) is 25.5. The van der Waals surface area contributed by atoms with E-state index in [-0.39, 0.29) is 78.1 Å². The smallest absolute Gasteiger partial charge is 0.410 e. The molecule has 4 fully saturated rings. The first-order valence-corrected chi connectivity index (χ1v) is 34.0. The summed E-state index contributed by atoms with van der Waals surface area (Å²) in [4.78, 5) is 64.0. The third-order valence-electron chi connectivity index (χ3n) is 13.2. The number of aliphatic hydroxyl groups excluding tert-OH is 1. The molecule has 11 rings (SSSR count). The maximum atomic E-state index is 12.2. The van der Waals surface area contributed by atoms with E-state index in [0.717, 1.165) is 13.1 Å². The van der Waals surface area contributed by atoms with E-state index in [9.17, 15) is 14.4 Å². The van der Waals surface area contributed by atoms with E-state index in [1.54, 1.807) is 32.9 Å². The number of halogens is 3. The van der Waals surface area contributed by atoms with Gasteiger partial charge < -0.3 is 88.9 Å². The third-order valence-corrected chi connectivity index (χ3v) is 13.7. The van der Waals surface area contributed by atoms with Gasteiger partial charge in [0.15, 0.2) is 39.0 Å². The summed E-state index contributed by atoms with van der Waals surface area (Å²) in [5, 5.41) is 74.8. The molecule has 4 aliphatic rings. The van der Waals surface area contributed by atoms with Crippen molar-refractivity contribution >= 4 is 82.2 Å². The molecule has 11 heterocycles. The molecule has 38 nitrogen and oxygen atoms in total. The monoisotopic (exact) mass is 1540 g/mol. The van der Waals surface area contributed by atoms with Crippen LogP contribution in [0.2, 0.25) is 15.3 Å². The van der Waals surface area contributed by atoms with Gasteiger partial charge in [0.05, 0.1) is 126 Å². The Balaban J connectivity index is 0.000000211. The van der Waals surface area contributed by atoms with Crippen LogP contribution >= 0.6 is 34.8 Å². The van der Waals surface area contributed by atoms with Gasteiger partial charge in [-0.05, 0) is 68.4 Å². The van der Waals surface area contributed by atoms with Crippen LogP contribution in [-0.2, 0) is 33.2 Å². The quantitative estimate of drug-likeness (QED) is 0.0714. The first-order chi connectivity index (χ1) is 51.0. The molecule has 0 aliphatic carbocycles. The Morgan fingerprint density at radius 3 is 1.24 bits per heavy atom. The lowest BCUT2D eigenvalue weighted by Crippen LogP contribution is -2.49. The normalized spacial score (nSPS) is 16.8. The van der Waals surface area contributed by atoms with Crippen LogP contribution in [0.1, 0.15) is 79.4 Å². The Bertz CT molecular complexity index is 4000. The fourth-order valence-corrected chi connectivity index (χ4v) is 9.02. The number of nitrogen functional groups attached to an aromatic ring is 1. The van der Waals surface area contributed by atoms with Crippen LogP contribution < -0.4 is 35.9 Å². The molecular formula is C66H83Cl3N24O14. The number of hydrogen-bond acceptors (Lipinski definition) is 35. The molecule has 7 aromatic heterocycles.